The van der Waals surface area contributed by atoms with E-state index in [1.54, 1.807) is 30.3 Å². The van der Waals surface area contributed by atoms with Gasteiger partial charge in [0.25, 0.3) is 0 Å². The quantitative estimate of drug-likeness (QED) is 0.363. The van der Waals surface area contributed by atoms with Crippen LogP contribution in [0.4, 0.5) is 5.69 Å². The van der Waals surface area contributed by atoms with Gasteiger partial charge in [-0.3, -0.25) is 0 Å². The van der Waals surface area contributed by atoms with E-state index in [1.165, 1.54) is 0 Å². The molecule has 1 aromatic carbocycles. The van der Waals surface area contributed by atoms with Crippen LogP contribution in [0, 0.1) is 0 Å². The number of ether oxygens (including phenoxy) is 2. The molecule has 0 fully saturated rings. The Hall–Kier alpha value is -1.57. The fourth-order valence-electron chi connectivity index (χ4n) is 1.48. The van der Waals surface area contributed by atoms with Crippen LogP contribution in [0.15, 0.2) is 36.9 Å². The van der Waals surface area contributed by atoms with Crippen LogP contribution in [0.2, 0.25) is 0 Å². The van der Waals surface area contributed by atoms with Crippen LogP contribution >= 0.6 is 0 Å². The molecule has 1 aromatic rings. The summed E-state index contributed by atoms with van der Waals surface area (Å²) in [5.41, 5.74) is 6.18. The summed E-state index contributed by atoms with van der Waals surface area (Å²) in [6.07, 6.45) is 2.50. The number of nitrogens with one attached hydrogen (secondary N) is 1. The normalized spacial score (nSPS) is 11.2. The van der Waals surface area contributed by atoms with Gasteiger partial charge in [-0.1, -0.05) is 12.1 Å². The Bertz CT molecular complexity index is 532. The first-order valence-corrected chi connectivity index (χ1v) is 8.33. The summed E-state index contributed by atoms with van der Waals surface area (Å²) in [5.74, 6) is 0.437. The predicted molar refractivity (Wildman–Crippen MR) is 83.8 cm³/mol. The third kappa shape index (κ3) is 8.34. The van der Waals surface area contributed by atoms with Crippen LogP contribution < -0.4 is 15.2 Å². The van der Waals surface area contributed by atoms with Crippen molar-refractivity contribution in [1.29, 1.82) is 0 Å². The number of hydrogen-bond acceptors (Lipinski definition) is 5. The molecule has 0 aliphatic heterocycles. The van der Waals surface area contributed by atoms with E-state index < -0.39 is 10.0 Å². The summed E-state index contributed by atoms with van der Waals surface area (Å²) in [6, 6.07) is 6.85. The smallest absolute Gasteiger partial charge is 0.215 e. The molecule has 0 radical (unpaired) electrons. The third-order valence-electron chi connectivity index (χ3n) is 2.51. The van der Waals surface area contributed by atoms with Crippen molar-refractivity contribution < 1.29 is 17.9 Å². The zero-order valence-electron chi connectivity index (χ0n) is 12.0. The van der Waals surface area contributed by atoms with Gasteiger partial charge < -0.3 is 15.2 Å². The van der Waals surface area contributed by atoms with Crippen molar-refractivity contribution in [3.63, 3.8) is 0 Å². The highest BCUT2D eigenvalue weighted by Gasteiger charge is 2.09. The van der Waals surface area contributed by atoms with Crippen LogP contribution in [0.1, 0.15) is 6.42 Å². The van der Waals surface area contributed by atoms with Crippen molar-refractivity contribution in [3.05, 3.63) is 36.9 Å². The molecule has 0 saturated heterocycles. The van der Waals surface area contributed by atoms with Gasteiger partial charge in [0.1, 0.15) is 12.4 Å². The Kier molecular flexibility index (Phi) is 7.81. The first kappa shape index (κ1) is 17.5. The minimum absolute atomic E-state index is 0.0656. The number of sulfonamides is 1. The second kappa shape index (κ2) is 9.38. The maximum atomic E-state index is 11.7. The molecule has 0 bridgehead atoms. The van der Waals surface area contributed by atoms with Crippen molar-refractivity contribution in [2.75, 3.05) is 37.9 Å². The van der Waals surface area contributed by atoms with Gasteiger partial charge >= 0.3 is 0 Å². The van der Waals surface area contributed by atoms with Crippen LogP contribution in [-0.2, 0) is 14.8 Å². The number of rotatable bonds is 11. The number of benzene rings is 1. The molecule has 0 aliphatic carbocycles. The molecule has 118 valence electrons. The van der Waals surface area contributed by atoms with E-state index in [0.717, 1.165) is 6.42 Å². The molecule has 0 atom stereocenters. The van der Waals surface area contributed by atoms with Crippen molar-refractivity contribution >= 4 is 15.7 Å². The van der Waals surface area contributed by atoms with Gasteiger partial charge in [0.15, 0.2) is 0 Å². The summed E-state index contributed by atoms with van der Waals surface area (Å²) < 4.78 is 36.4. The monoisotopic (exact) mass is 314 g/mol. The fraction of sp³-hybridized carbons (Fsp3) is 0.429. The van der Waals surface area contributed by atoms with E-state index in [2.05, 4.69) is 11.3 Å². The van der Waals surface area contributed by atoms with Crippen LogP contribution in [0.3, 0.4) is 0 Å². The number of nitrogen functional groups attached to an aromatic ring is 1. The van der Waals surface area contributed by atoms with Crippen molar-refractivity contribution in [3.8, 4) is 5.75 Å². The molecular weight excluding hydrogens is 292 g/mol. The van der Waals surface area contributed by atoms with Crippen LogP contribution in [-0.4, -0.2) is 40.5 Å². The number of nitrogens with two attached hydrogens (primary N) is 1. The topological polar surface area (TPSA) is 90.6 Å². The molecule has 0 aromatic heterocycles. The summed E-state index contributed by atoms with van der Waals surface area (Å²) in [7, 11) is -3.36. The maximum absolute atomic E-state index is 11.7. The first-order valence-electron chi connectivity index (χ1n) is 6.68. The minimum Gasteiger partial charge on any atom is -0.492 e. The minimum atomic E-state index is -3.36. The van der Waals surface area contributed by atoms with Gasteiger partial charge in [0.2, 0.25) is 10.0 Å². The first-order chi connectivity index (χ1) is 10.0. The standard InChI is InChI=1S/C14H22N2O4S/c1-2-3-8-19-9-7-16-21(17,18)11-10-20-14-6-4-5-13(15)12-14/h2,4-6,12,16H,1,3,7-11,15H2. The van der Waals surface area contributed by atoms with Gasteiger partial charge in [-0.25, -0.2) is 13.1 Å². The lowest BCUT2D eigenvalue weighted by atomic mass is 10.3. The van der Waals surface area contributed by atoms with E-state index in [1.807, 2.05) is 0 Å². The van der Waals surface area contributed by atoms with E-state index in [9.17, 15) is 8.42 Å². The lowest BCUT2D eigenvalue weighted by Gasteiger charge is -2.09. The van der Waals surface area contributed by atoms with Crippen molar-refractivity contribution in [2.45, 2.75) is 6.42 Å². The van der Waals surface area contributed by atoms with Gasteiger partial charge in [-0.2, -0.15) is 0 Å². The van der Waals surface area contributed by atoms with E-state index in [-0.39, 0.29) is 18.9 Å². The molecule has 0 amide bonds. The molecule has 7 heteroatoms. The number of anilines is 1. The Balaban J connectivity index is 2.19. The molecule has 21 heavy (non-hydrogen) atoms. The average Bonchev–Trinajstić information content (AvgIpc) is 2.42. The summed E-state index contributed by atoms with van der Waals surface area (Å²) in [5, 5.41) is 0. The van der Waals surface area contributed by atoms with Gasteiger partial charge in [-0.05, 0) is 18.6 Å². The maximum Gasteiger partial charge on any atom is 0.215 e. The second-order valence-electron chi connectivity index (χ2n) is 4.32. The Morgan fingerprint density at radius 2 is 2.10 bits per heavy atom. The summed E-state index contributed by atoms with van der Waals surface area (Å²) >= 11 is 0. The predicted octanol–water partition coefficient (Wildman–Crippen LogP) is 1.16. The lowest BCUT2D eigenvalue weighted by Crippen LogP contribution is -2.31. The summed E-state index contributed by atoms with van der Waals surface area (Å²) in [6.45, 7) is 4.76. The van der Waals surface area contributed by atoms with Crippen LogP contribution in [0.25, 0.3) is 0 Å². The highest BCUT2D eigenvalue weighted by atomic mass is 32.2. The van der Waals surface area contributed by atoms with Crippen molar-refractivity contribution in [2.24, 2.45) is 0 Å². The number of hydrogen-bond donors (Lipinski definition) is 2. The molecule has 0 spiro atoms. The Labute approximate surface area is 126 Å². The van der Waals surface area contributed by atoms with E-state index in [0.29, 0.717) is 24.7 Å². The van der Waals surface area contributed by atoms with Gasteiger partial charge in [-0.15, -0.1) is 6.58 Å². The third-order valence-corrected chi connectivity index (χ3v) is 3.86. The molecule has 6 nitrogen and oxygen atoms in total. The lowest BCUT2D eigenvalue weighted by molar-refractivity contribution is 0.144. The second-order valence-corrected chi connectivity index (χ2v) is 6.25. The molecule has 0 heterocycles. The SMILES string of the molecule is C=CCCOCCNS(=O)(=O)CCOc1cccc(N)c1. The Morgan fingerprint density at radius 1 is 1.29 bits per heavy atom. The van der Waals surface area contributed by atoms with Gasteiger partial charge in [0, 0.05) is 18.3 Å². The highest BCUT2D eigenvalue weighted by Crippen LogP contribution is 2.14. The van der Waals surface area contributed by atoms with E-state index >= 15 is 0 Å². The largest absolute Gasteiger partial charge is 0.492 e. The molecule has 0 unspecified atom stereocenters. The molecular formula is C14H22N2O4S. The van der Waals surface area contributed by atoms with E-state index in [4.69, 9.17) is 15.2 Å². The molecule has 0 saturated carbocycles. The zero-order chi connectivity index (χ0) is 15.6. The average molecular weight is 314 g/mol. The van der Waals surface area contributed by atoms with Crippen molar-refractivity contribution in [1.82, 2.24) is 4.72 Å². The van der Waals surface area contributed by atoms with Crippen LogP contribution in [0.5, 0.6) is 5.75 Å². The zero-order valence-corrected chi connectivity index (χ0v) is 12.8. The Morgan fingerprint density at radius 3 is 2.81 bits per heavy atom. The fourth-order valence-corrected chi connectivity index (χ4v) is 2.33. The molecule has 0 aliphatic rings. The molecule has 3 N–H and O–H groups in total. The highest BCUT2D eigenvalue weighted by molar-refractivity contribution is 7.89. The molecule has 1 rings (SSSR count). The van der Waals surface area contributed by atoms with Gasteiger partial charge in [0.05, 0.1) is 19.0 Å². The summed E-state index contributed by atoms with van der Waals surface area (Å²) in [4.78, 5) is 0.